The van der Waals surface area contributed by atoms with Crippen LogP contribution in [0.15, 0.2) is 24.3 Å². The molecular weight excluding hydrogens is 237 g/mol. The van der Waals surface area contributed by atoms with Crippen molar-refractivity contribution >= 4 is 7.12 Å². The van der Waals surface area contributed by atoms with Crippen molar-refractivity contribution in [2.75, 3.05) is 0 Å². The van der Waals surface area contributed by atoms with Gasteiger partial charge in [-0.2, -0.15) is 5.26 Å². The number of nitrogens with zero attached hydrogens (tertiary/aromatic N) is 1. The van der Waals surface area contributed by atoms with Gasteiger partial charge in [-0.15, -0.1) is 6.58 Å². The highest BCUT2D eigenvalue weighted by atomic mass is 16.7. The molecule has 0 aromatic heterocycles. The lowest BCUT2D eigenvalue weighted by atomic mass is 9.66. The number of allylic oxidation sites excluding steroid dienone is 3. The van der Waals surface area contributed by atoms with E-state index in [4.69, 9.17) is 14.6 Å². The summed E-state index contributed by atoms with van der Waals surface area (Å²) in [5, 5.41) is 8.49. The Balaban J connectivity index is 2.72. The lowest BCUT2D eigenvalue weighted by molar-refractivity contribution is 0.00578. The van der Waals surface area contributed by atoms with Gasteiger partial charge in [0.15, 0.2) is 0 Å². The Hall–Kier alpha value is -1.05. The predicted octanol–water partition coefficient (Wildman–Crippen LogP) is 3.88. The van der Waals surface area contributed by atoms with Crippen LogP contribution in [-0.4, -0.2) is 18.3 Å². The molecule has 0 unspecified atom stereocenters. The first kappa shape index (κ1) is 16.0. The van der Waals surface area contributed by atoms with E-state index in [2.05, 4.69) is 34.3 Å². The van der Waals surface area contributed by atoms with Crippen LogP contribution >= 0.6 is 0 Å². The van der Waals surface area contributed by atoms with Crippen molar-refractivity contribution in [2.45, 2.75) is 64.5 Å². The minimum atomic E-state index is -0.312. The molecule has 0 aliphatic carbocycles. The van der Waals surface area contributed by atoms with Gasteiger partial charge in [-0.25, -0.2) is 0 Å². The molecule has 1 fully saturated rings. The molecule has 0 N–H and O–H groups in total. The highest BCUT2D eigenvalue weighted by molar-refractivity contribution is 6.48. The van der Waals surface area contributed by atoms with E-state index in [-0.39, 0.29) is 24.1 Å². The average molecular weight is 261 g/mol. The molecule has 1 aliphatic heterocycles. The topological polar surface area (TPSA) is 42.2 Å². The molecule has 3 nitrogen and oxygen atoms in total. The maximum atomic E-state index is 8.49. The molecule has 1 aliphatic rings. The molecule has 1 rings (SSSR count). The van der Waals surface area contributed by atoms with Gasteiger partial charge in [0.1, 0.15) is 0 Å². The monoisotopic (exact) mass is 261 g/mol. The molecule has 1 heterocycles. The third-order valence-corrected chi connectivity index (χ3v) is 4.07. The molecule has 0 spiro atoms. The standard InChI is InChI=1S/C15H24BNO2/c1-12(2)13(10-8-7-9-11-17)16-18-14(3,4)15(5,6)19-16/h7,9,13H,1,8,10H2,2-6H3/b9-7-/t13-/m0/s1. The minimum absolute atomic E-state index is 0.157. The second-order valence-electron chi connectivity index (χ2n) is 6.19. The molecule has 1 saturated heterocycles. The van der Waals surface area contributed by atoms with Gasteiger partial charge in [0.25, 0.3) is 0 Å². The van der Waals surface area contributed by atoms with Crippen LogP contribution in [-0.2, 0) is 9.31 Å². The fourth-order valence-electron chi connectivity index (χ4n) is 2.08. The summed E-state index contributed by atoms with van der Waals surface area (Å²) in [5.74, 6) is 0.157. The highest BCUT2D eigenvalue weighted by Crippen LogP contribution is 2.42. The van der Waals surface area contributed by atoms with Crippen LogP contribution in [0.25, 0.3) is 0 Å². The zero-order valence-electron chi connectivity index (χ0n) is 12.7. The van der Waals surface area contributed by atoms with Gasteiger partial charge in [-0.05, 0) is 47.5 Å². The number of hydrogen-bond acceptors (Lipinski definition) is 3. The molecule has 19 heavy (non-hydrogen) atoms. The summed E-state index contributed by atoms with van der Waals surface area (Å²) < 4.78 is 12.1. The fraction of sp³-hybridized carbons (Fsp3) is 0.667. The third-order valence-electron chi connectivity index (χ3n) is 4.07. The Labute approximate surface area is 117 Å². The van der Waals surface area contributed by atoms with Crippen molar-refractivity contribution in [3.8, 4) is 6.07 Å². The first-order valence-electron chi connectivity index (χ1n) is 6.77. The number of nitriles is 1. The Kier molecular flexibility index (Phi) is 5.01. The largest absolute Gasteiger partial charge is 0.465 e. The predicted molar refractivity (Wildman–Crippen MR) is 78.6 cm³/mol. The van der Waals surface area contributed by atoms with Crippen molar-refractivity contribution in [3.05, 3.63) is 24.3 Å². The molecule has 0 aromatic carbocycles. The first-order chi connectivity index (χ1) is 8.71. The maximum absolute atomic E-state index is 8.49. The summed E-state index contributed by atoms with van der Waals surface area (Å²) >= 11 is 0. The van der Waals surface area contributed by atoms with Gasteiger partial charge in [0.05, 0.1) is 17.3 Å². The zero-order chi connectivity index (χ0) is 14.7. The van der Waals surface area contributed by atoms with E-state index in [1.54, 1.807) is 0 Å². The van der Waals surface area contributed by atoms with E-state index in [0.717, 1.165) is 18.4 Å². The van der Waals surface area contributed by atoms with Crippen molar-refractivity contribution in [1.82, 2.24) is 0 Å². The maximum Gasteiger partial charge on any atom is 0.465 e. The second-order valence-corrected chi connectivity index (χ2v) is 6.19. The highest BCUT2D eigenvalue weighted by Gasteiger charge is 2.53. The number of hydrogen-bond donors (Lipinski definition) is 0. The van der Waals surface area contributed by atoms with E-state index >= 15 is 0 Å². The zero-order valence-corrected chi connectivity index (χ0v) is 12.7. The molecule has 0 bridgehead atoms. The molecule has 4 heteroatoms. The van der Waals surface area contributed by atoms with Crippen LogP contribution in [0.1, 0.15) is 47.5 Å². The average Bonchev–Trinajstić information content (AvgIpc) is 2.47. The molecule has 0 radical (unpaired) electrons. The van der Waals surface area contributed by atoms with E-state index in [1.807, 2.05) is 19.1 Å². The molecule has 0 aromatic rings. The van der Waals surface area contributed by atoms with Crippen molar-refractivity contribution < 1.29 is 9.31 Å². The van der Waals surface area contributed by atoms with Crippen molar-refractivity contribution in [2.24, 2.45) is 0 Å². The van der Waals surface area contributed by atoms with Gasteiger partial charge in [0.2, 0.25) is 0 Å². The summed E-state index contributed by atoms with van der Waals surface area (Å²) in [6.07, 6.45) is 5.10. The summed E-state index contributed by atoms with van der Waals surface area (Å²) in [5.41, 5.74) is 0.436. The van der Waals surface area contributed by atoms with Gasteiger partial charge >= 0.3 is 7.12 Å². The summed E-state index contributed by atoms with van der Waals surface area (Å²) in [6, 6.07) is 2.00. The van der Waals surface area contributed by atoms with Crippen LogP contribution in [0.3, 0.4) is 0 Å². The summed E-state index contributed by atoms with van der Waals surface area (Å²) in [4.78, 5) is 0. The fourth-order valence-corrected chi connectivity index (χ4v) is 2.08. The molecule has 0 saturated carbocycles. The van der Waals surface area contributed by atoms with Gasteiger partial charge in [-0.3, -0.25) is 0 Å². The van der Waals surface area contributed by atoms with Crippen LogP contribution in [0.5, 0.6) is 0 Å². The van der Waals surface area contributed by atoms with Crippen molar-refractivity contribution in [1.29, 1.82) is 5.26 Å². The first-order valence-corrected chi connectivity index (χ1v) is 6.77. The number of rotatable bonds is 5. The minimum Gasteiger partial charge on any atom is -0.403 e. The summed E-state index contributed by atoms with van der Waals surface area (Å²) in [7, 11) is -0.252. The lowest BCUT2D eigenvalue weighted by Gasteiger charge is -2.32. The van der Waals surface area contributed by atoms with Crippen LogP contribution < -0.4 is 0 Å². The van der Waals surface area contributed by atoms with Crippen molar-refractivity contribution in [3.63, 3.8) is 0 Å². The van der Waals surface area contributed by atoms with E-state index in [0.29, 0.717) is 0 Å². The van der Waals surface area contributed by atoms with E-state index in [1.165, 1.54) is 6.08 Å². The molecule has 104 valence electrons. The molecule has 0 amide bonds. The normalized spacial score (nSPS) is 22.4. The van der Waals surface area contributed by atoms with Gasteiger partial charge in [0, 0.05) is 11.9 Å². The van der Waals surface area contributed by atoms with E-state index < -0.39 is 0 Å². The Morgan fingerprint density at radius 2 is 1.84 bits per heavy atom. The Morgan fingerprint density at radius 3 is 2.26 bits per heavy atom. The quantitative estimate of drug-likeness (QED) is 0.428. The Bertz CT molecular complexity index is 391. The van der Waals surface area contributed by atoms with Crippen LogP contribution in [0.2, 0.25) is 5.82 Å². The summed E-state index contributed by atoms with van der Waals surface area (Å²) in [6.45, 7) is 14.3. The molecular formula is C15H24BNO2. The smallest absolute Gasteiger partial charge is 0.403 e. The Morgan fingerprint density at radius 1 is 1.32 bits per heavy atom. The third kappa shape index (κ3) is 3.71. The van der Waals surface area contributed by atoms with Gasteiger partial charge in [-0.1, -0.05) is 11.6 Å². The van der Waals surface area contributed by atoms with Crippen LogP contribution in [0, 0.1) is 11.3 Å². The van der Waals surface area contributed by atoms with E-state index in [9.17, 15) is 0 Å². The second kappa shape index (κ2) is 5.94. The lowest BCUT2D eigenvalue weighted by Crippen LogP contribution is -2.41. The van der Waals surface area contributed by atoms with Gasteiger partial charge < -0.3 is 9.31 Å². The molecule has 1 atom stereocenters. The SMILES string of the molecule is C=C(C)[C@H](CC/C=C\C#N)B1OC(C)(C)C(C)(C)O1. The van der Waals surface area contributed by atoms with Crippen LogP contribution in [0.4, 0.5) is 0 Å².